The molecule has 1 spiro atoms. The lowest BCUT2D eigenvalue weighted by Crippen LogP contribution is -2.56. The Bertz CT molecular complexity index is 698. The first-order chi connectivity index (χ1) is 13.7. The predicted octanol–water partition coefficient (Wildman–Crippen LogP) is 3.33. The van der Waals surface area contributed by atoms with E-state index in [2.05, 4.69) is 10.6 Å². The zero-order chi connectivity index (χ0) is 20.7. The van der Waals surface area contributed by atoms with Crippen molar-refractivity contribution in [3.05, 3.63) is 0 Å². The van der Waals surface area contributed by atoms with Gasteiger partial charge in [0.2, 0.25) is 5.91 Å². The second-order valence-corrected chi connectivity index (χ2v) is 9.73. The Labute approximate surface area is 170 Å². The quantitative estimate of drug-likeness (QED) is 0.678. The number of nitriles is 1. The fraction of sp³-hybridized carbons (Fsp3) is 0.857. The van der Waals surface area contributed by atoms with Gasteiger partial charge in [0, 0.05) is 25.9 Å². The normalized spacial score (nSPS) is 25.5. The smallest absolute Gasteiger partial charge is 0.318 e. The van der Waals surface area contributed by atoms with E-state index in [1.165, 1.54) is 19.3 Å². The number of carbonyl (C=O) groups excluding carboxylic acids is 2. The molecular formula is C21H30F2N4O2. The maximum Gasteiger partial charge on any atom is 0.318 e. The van der Waals surface area contributed by atoms with Crippen LogP contribution in [0.4, 0.5) is 13.6 Å². The van der Waals surface area contributed by atoms with Crippen LogP contribution in [0.3, 0.4) is 0 Å². The minimum Gasteiger partial charge on any atom is -0.336 e. The Hall–Kier alpha value is -1.91. The number of carbonyl (C=O) groups is 2. The van der Waals surface area contributed by atoms with Crippen molar-refractivity contribution in [2.75, 3.05) is 13.1 Å². The third kappa shape index (κ3) is 4.81. The van der Waals surface area contributed by atoms with E-state index in [0.717, 1.165) is 25.7 Å². The molecule has 6 nitrogen and oxygen atoms in total. The Morgan fingerprint density at radius 1 is 1.14 bits per heavy atom. The minimum atomic E-state index is -3.02. The number of likely N-dealkylation sites (tertiary alicyclic amines) is 1. The van der Waals surface area contributed by atoms with Gasteiger partial charge in [0.1, 0.15) is 11.6 Å². The van der Waals surface area contributed by atoms with Gasteiger partial charge in [-0.2, -0.15) is 5.26 Å². The first-order valence-electron chi connectivity index (χ1n) is 10.9. The number of nitrogens with zero attached hydrogens (tertiary/aromatic N) is 2. The molecule has 1 aliphatic heterocycles. The van der Waals surface area contributed by atoms with Crippen LogP contribution in [0.15, 0.2) is 0 Å². The lowest BCUT2D eigenvalue weighted by atomic mass is 9.63. The second-order valence-electron chi connectivity index (χ2n) is 9.73. The maximum atomic E-state index is 14.5. The molecule has 29 heavy (non-hydrogen) atoms. The van der Waals surface area contributed by atoms with E-state index in [1.54, 1.807) is 4.90 Å². The van der Waals surface area contributed by atoms with E-state index < -0.39 is 35.9 Å². The van der Waals surface area contributed by atoms with Gasteiger partial charge in [-0.15, -0.1) is 0 Å². The Balaban J connectivity index is 1.37. The van der Waals surface area contributed by atoms with Gasteiger partial charge in [-0.05, 0) is 62.7 Å². The van der Waals surface area contributed by atoms with Gasteiger partial charge in [0.05, 0.1) is 6.07 Å². The standard InChI is InChI=1S/C21H30F2N4O2/c22-21(23,12-15-2-3-15)13-16(17(28)26-20(14-24)6-7-20)25-18(29)27-10-8-19(9-11-27)4-1-5-19/h15-16H,1-13H2,(H,25,29)(H,26,28)/t16-/m0/s1. The number of hydrogen-bond donors (Lipinski definition) is 2. The van der Waals surface area contributed by atoms with Crippen molar-refractivity contribution >= 4 is 11.9 Å². The molecule has 160 valence electrons. The summed E-state index contributed by atoms with van der Waals surface area (Å²) in [5, 5.41) is 14.3. The van der Waals surface area contributed by atoms with E-state index >= 15 is 0 Å². The molecule has 3 saturated carbocycles. The molecule has 0 aromatic heterocycles. The highest BCUT2D eigenvalue weighted by Crippen LogP contribution is 2.48. The van der Waals surface area contributed by atoms with Gasteiger partial charge < -0.3 is 15.5 Å². The largest absolute Gasteiger partial charge is 0.336 e. The fourth-order valence-corrected chi connectivity index (χ4v) is 4.65. The molecule has 1 atom stereocenters. The molecule has 8 heteroatoms. The third-order valence-corrected chi connectivity index (χ3v) is 7.25. The van der Waals surface area contributed by atoms with Crippen LogP contribution in [-0.4, -0.2) is 47.4 Å². The minimum absolute atomic E-state index is 0.0130. The summed E-state index contributed by atoms with van der Waals surface area (Å²) < 4.78 is 29.0. The van der Waals surface area contributed by atoms with Crippen molar-refractivity contribution in [3.63, 3.8) is 0 Å². The molecule has 3 aliphatic carbocycles. The van der Waals surface area contributed by atoms with Gasteiger partial charge in [0.25, 0.3) is 5.92 Å². The van der Waals surface area contributed by atoms with Gasteiger partial charge in [-0.25, -0.2) is 13.6 Å². The third-order valence-electron chi connectivity index (χ3n) is 7.25. The first-order valence-corrected chi connectivity index (χ1v) is 10.9. The summed E-state index contributed by atoms with van der Waals surface area (Å²) in [6.07, 6.45) is 7.18. The number of alkyl halides is 2. The fourth-order valence-electron chi connectivity index (χ4n) is 4.65. The lowest BCUT2D eigenvalue weighted by Gasteiger charge is -2.48. The molecule has 0 aromatic carbocycles. The van der Waals surface area contributed by atoms with Crippen LogP contribution in [0.5, 0.6) is 0 Å². The molecule has 0 unspecified atom stereocenters. The first kappa shape index (κ1) is 20.4. The van der Waals surface area contributed by atoms with Crippen molar-refractivity contribution in [1.29, 1.82) is 5.26 Å². The number of piperidine rings is 1. The molecule has 2 N–H and O–H groups in total. The zero-order valence-electron chi connectivity index (χ0n) is 16.8. The monoisotopic (exact) mass is 408 g/mol. The molecule has 1 heterocycles. The van der Waals surface area contributed by atoms with Crippen molar-refractivity contribution in [2.45, 2.75) is 88.1 Å². The summed E-state index contributed by atoms with van der Waals surface area (Å²) >= 11 is 0. The molecule has 0 bridgehead atoms. The van der Waals surface area contributed by atoms with Crippen molar-refractivity contribution in [3.8, 4) is 6.07 Å². The number of amides is 3. The van der Waals surface area contributed by atoms with Gasteiger partial charge in [-0.1, -0.05) is 6.42 Å². The van der Waals surface area contributed by atoms with Crippen molar-refractivity contribution in [2.24, 2.45) is 11.3 Å². The van der Waals surface area contributed by atoms with Crippen LogP contribution in [0.1, 0.15) is 70.6 Å². The SMILES string of the molecule is N#CC1(NC(=O)[C@H](CC(F)(F)CC2CC2)NC(=O)N2CCC3(CCC3)CC2)CC1. The molecule has 4 rings (SSSR count). The highest BCUT2D eigenvalue weighted by atomic mass is 19.3. The van der Waals surface area contributed by atoms with E-state index in [4.69, 9.17) is 0 Å². The molecule has 4 aliphatic rings. The van der Waals surface area contributed by atoms with Crippen LogP contribution in [-0.2, 0) is 4.79 Å². The molecular weight excluding hydrogens is 378 g/mol. The summed E-state index contributed by atoms with van der Waals surface area (Å²) in [5.74, 6) is -3.68. The topological polar surface area (TPSA) is 85.2 Å². The maximum absolute atomic E-state index is 14.5. The van der Waals surface area contributed by atoms with Crippen molar-refractivity contribution < 1.29 is 18.4 Å². The van der Waals surface area contributed by atoms with Gasteiger partial charge >= 0.3 is 6.03 Å². The molecule has 0 aromatic rings. The summed E-state index contributed by atoms with van der Waals surface area (Å²) in [6, 6.07) is 0.252. The number of urea groups is 1. The summed E-state index contributed by atoms with van der Waals surface area (Å²) in [4.78, 5) is 27.1. The highest BCUT2D eigenvalue weighted by molar-refractivity contribution is 5.88. The number of hydrogen-bond acceptors (Lipinski definition) is 3. The Morgan fingerprint density at radius 2 is 1.79 bits per heavy atom. The number of halogens is 2. The molecule has 3 amide bonds. The van der Waals surface area contributed by atoms with Crippen LogP contribution in [0, 0.1) is 22.7 Å². The van der Waals surface area contributed by atoms with Gasteiger partial charge in [0.15, 0.2) is 0 Å². The number of nitrogens with one attached hydrogen (secondary N) is 2. The lowest BCUT2D eigenvalue weighted by molar-refractivity contribution is -0.126. The molecule has 1 saturated heterocycles. The summed E-state index contributed by atoms with van der Waals surface area (Å²) in [7, 11) is 0. The van der Waals surface area contributed by atoms with Crippen LogP contribution in [0.2, 0.25) is 0 Å². The van der Waals surface area contributed by atoms with Crippen molar-refractivity contribution in [1.82, 2.24) is 15.5 Å². The second kappa shape index (κ2) is 7.41. The average molecular weight is 408 g/mol. The van der Waals surface area contributed by atoms with E-state index in [-0.39, 0.29) is 12.3 Å². The van der Waals surface area contributed by atoms with Gasteiger partial charge in [-0.3, -0.25) is 4.79 Å². The summed E-state index contributed by atoms with van der Waals surface area (Å²) in [6.45, 7) is 1.20. The average Bonchev–Trinajstić information content (AvgIpc) is 3.57. The Morgan fingerprint density at radius 3 is 2.28 bits per heavy atom. The molecule has 4 fully saturated rings. The van der Waals surface area contributed by atoms with Crippen LogP contribution >= 0.6 is 0 Å². The van der Waals surface area contributed by atoms with E-state index in [1.807, 2.05) is 6.07 Å². The highest BCUT2D eigenvalue weighted by Gasteiger charge is 2.48. The zero-order valence-corrected chi connectivity index (χ0v) is 16.8. The number of rotatable bonds is 7. The van der Waals surface area contributed by atoms with E-state index in [9.17, 15) is 23.6 Å². The van der Waals surface area contributed by atoms with Crippen LogP contribution < -0.4 is 10.6 Å². The summed E-state index contributed by atoms with van der Waals surface area (Å²) in [5.41, 5.74) is -0.580. The van der Waals surface area contributed by atoms with Crippen LogP contribution in [0.25, 0.3) is 0 Å². The predicted molar refractivity (Wildman–Crippen MR) is 102 cm³/mol. The molecule has 0 radical (unpaired) electrons. The Kier molecular flexibility index (Phi) is 5.20. The van der Waals surface area contributed by atoms with E-state index in [0.29, 0.717) is 31.3 Å².